The van der Waals surface area contributed by atoms with Gasteiger partial charge >= 0.3 is 5.97 Å². The van der Waals surface area contributed by atoms with Crippen LogP contribution in [-0.2, 0) is 4.79 Å². The third kappa shape index (κ3) is 6.75. The average Bonchev–Trinajstić information content (AvgIpc) is 2.23. The van der Waals surface area contributed by atoms with E-state index in [1.807, 2.05) is 13.0 Å². The van der Waals surface area contributed by atoms with Crippen LogP contribution in [0.15, 0.2) is 0 Å². The van der Waals surface area contributed by atoms with Crippen molar-refractivity contribution in [1.82, 2.24) is 0 Å². The zero-order chi connectivity index (χ0) is 12.6. The molecule has 0 radical (unpaired) electrons. The molecule has 1 N–H and O–H groups in total. The van der Waals surface area contributed by atoms with Crippen molar-refractivity contribution in [1.29, 1.82) is 5.26 Å². The van der Waals surface area contributed by atoms with Crippen LogP contribution in [0.2, 0.25) is 0 Å². The largest absolute Gasteiger partial charge is 0.481 e. The molecule has 0 aromatic carbocycles. The maximum absolute atomic E-state index is 11.4. The molecule has 0 aromatic rings. The Morgan fingerprint density at radius 2 is 2.12 bits per heavy atom. The molecule has 0 saturated heterocycles. The van der Waals surface area contributed by atoms with Crippen molar-refractivity contribution in [2.45, 2.75) is 37.9 Å². The number of carbonyl (C=O) groups excluding carboxylic acids is 1. The molecule has 1 unspecified atom stereocenters. The maximum Gasteiger partial charge on any atom is 0.303 e. The van der Waals surface area contributed by atoms with Crippen molar-refractivity contribution in [3.05, 3.63) is 0 Å². The first kappa shape index (κ1) is 15.3. The molecule has 0 aromatic heterocycles. The van der Waals surface area contributed by atoms with Crippen LogP contribution >= 0.6 is 23.5 Å². The second kappa shape index (κ2) is 7.58. The van der Waals surface area contributed by atoms with Crippen molar-refractivity contribution >= 4 is 33.9 Å². The van der Waals surface area contributed by atoms with Gasteiger partial charge in [0.25, 0.3) is 0 Å². The highest BCUT2D eigenvalue weighted by Gasteiger charge is 2.29. The molecule has 0 rings (SSSR count). The summed E-state index contributed by atoms with van der Waals surface area (Å²) in [5.74, 6) is -0.220. The van der Waals surface area contributed by atoms with E-state index in [4.69, 9.17) is 10.4 Å². The number of hydrogen-bond donors (Lipinski definition) is 1. The summed E-state index contributed by atoms with van der Waals surface area (Å²) >= 11 is 2.11. The number of carboxylic acids is 1. The van der Waals surface area contributed by atoms with Crippen LogP contribution < -0.4 is 0 Å². The fourth-order valence-electron chi connectivity index (χ4n) is 0.874. The summed E-state index contributed by atoms with van der Waals surface area (Å²) in [6, 6.07) is 2.01. The molecule has 1 atom stereocenters. The van der Waals surface area contributed by atoms with Gasteiger partial charge < -0.3 is 5.11 Å². The highest BCUT2D eigenvalue weighted by atomic mass is 32.2. The first-order chi connectivity index (χ1) is 7.43. The molecule has 0 amide bonds. The number of thioether (sulfide) groups is 2. The first-order valence-corrected chi connectivity index (χ1v) is 6.72. The van der Waals surface area contributed by atoms with E-state index in [0.29, 0.717) is 0 Å². The fourth-order valence-corrected chi connectivity index (χ4v) is 2.90. The summed E-state index contributed by atoms with van der Waals surface area (Å²) in [6.07, 6.45) is 0.986. The minimum absolute atomic E-state index is 0.0945. The molecular weight excluding hydrogens is 246 g/mol. The van der Waals surface area contributed by atoms with Gasteiger partial charge in [-0.25, -0.2) is 0 Å². The minimum atomic E-state index is -0.948. The normalized spacial score (nSPS) is 13.8. The number of nitrogens with zero attached hydrogens (tertiary/aromatic N) is 1. The third-order valence-electron chi connectivity index (χ3n) is 1.79. The SMILES string of the molecule is CCCSC(=O)SC(C)(C#N)CCC(=O)O. The molecule has 6 heteroatoms. The van der Waals surface area contributed by atoms with E-state index in [1.165, 1.54) is 11.8 Å². The van der Waals surface area contributed by atoms with Crippen LogP contribution in [0.25, 0.3) is 0 Å². The van der Waals surface area contributed by atoms with Gasteiger partial charge in [-0.2, -0.15) is 5.26 Å². The van der Waals surface area contributed by atoms with Gasteiger partial charge in [-0.1, -0.05) is 30.4 Å². The van der Waals surface area contributed by atoms with Crippen LogP contribution in [0.5, 0.6) is 0 Å². The third-order valence-corrected chi connectivity index (χ3v) is 4.15. The van der Waals surface area contributed by atoms with Crippen LogP contribution in [0.4, 0.5) is 4.79 Å². The van der Waals surface area contributed by atoms with Gasteiger partial charge in [0.05, 0.1) is 6.07 Å². The highest BCUT2D eigenvalue weighted by Crippen LogP contribution is 2.34. The van der Waals surface area contributed by atoms with Gasteiger partial charge in [-0.05, 0) is 19.8 Å². The minimum Gasteiger partial charge on any atom is -0.481 e. The Labute approximate surface area is 104 Å². The summed E-state index contributed by atoms with van der Waals surface area (Å²) in [5, 5.41) is 17.5. The van der Waals surface area contributed by atoms with E-state index in [1.54, 1.807) is 6.92 Å². The van der Waals surface area contributed by atoms with E-state index in [-0.39, 0.29) is 17.3 Å². The van der Waals surface area contributed by atoms with Crippen molar-refractivity contribution in [3.8, 4) is 6.07 Å². The predicted octanol–water partition coefficient (Wildman–Crippen LogP) is 3.13. The van der Waals surface area contributed by atoms with Gasteiger partial charge in [0.1, 0.15) is 4.75 Å². The van der Waals surface area contributed by atoms with E-state index >= 15 is 0 Å². The molecule has 0 fully saturated rings. The average molecular weight is 261 g/mol. The number of rotatable bonds is 6. The molecule has 0 aliphatic heterocycles. The van der Waals surface area contributed by atoms with Gasteiger partial charge in [0, 0.05) is 12.2 Å². The van der Waals surface area contributed by atoms with E-state index in [0.717, 1.165) is 23.9 Å². The van der Waals surface area contributed by atoms with Crippen molar-refractivity contribution in [2.75, 3.05) is 5.75 Å². The summed E-state index contributed by atoms with van der Waals surface area (Å²) in [6.45, 7) is 3.57. The smallest absolute Gasteiger partial charge is 0.303 e. The highest BCUT2D eigenvalue weighted by molar-refractivity contribution is 8.39. The number of nitriles is 1. The van der Waals surface area contributed by atoms with Crippen LogP contribution in [0.3, 0.4) is 0 Å². The number of carboxylic acid groups (broad SMARTS) is 1. The van der Waals surface area contributed by atoms with Crippen molar-refractivity contribution in [2.24, 2.45) is 0 Å². The molecule has 0 heterocycles. The Morgan fingerprint density at radius 1 is 1.50 bits per heavy atom. The molecule has 0 spiro atoms. The topological polar surface area (TPSA) is 78.2 Å². The van der Waals surface area contributed by atoms with Crippen molar-refractivity contribution in [3.63, 3.8) is 0 Å². The molecule has 90 valence electrons. The second-order valence-corrected chi connectivity index (χ2v) is 6.24. The Bertz CT molecular complexity index is 301. The second-order valence-electron chi connectivity index (χ2n) is 3.44. The lowest BCUT2D eigenvalue weighted by atomic mass is 10.1. The van der Waals surface area contributed by atoms with Crippen LogP contribution in [-0.4, -0.2) is 26.0 Å². The Balaban J connectivity index is 4.20. The van der Waals surface area contributed by atoms with Crippen LogP contribution in [0, 0.1) is 11.3 Å². The Hall–Kier alpha value is -0.670. The van der Waals surface area contributed by atoms with Crippen LogP contribution in [0.1, 0.15) is 33.1 Å². The molecule has 0 aliphatic carbocycles. The standard InChI is InChI=1S/C10H15NO3S2/c1-3-6-15-9(14)16-10(2,7-11)5-4-8(12)13/h3-6H2,1-2H3,(H,12,13). The fraction of sp³-hybridized carbons (Fsp3) is 0.700. The lowest BCUT2D eigenvalue weighted by Gasteiger charge is -2.18. The maximum atomic E-state index is 11.4. The lowest BCUT2D eigenvalue weighted by Crippen LogP contribution is -2.20. The molecule has 0 saturated carbocycles. The van der Waals surface area contributed by atoms with Gasteiger partial charge in [0.15, 0.2) is 0 Å². The predicted molar refractivity (Wildman–Crippen MR) is 66.6 cm³/mol. The van der Waals surface area contributed by atoms with E-state index in [9.17, 15) is 9.59 Å². The molecule has 16 heavy (non-hydrogen) atoms. The van der Waals surface area contributed by atoms with E-state index in [2.05, 4.69) is 0 Å². The zero-order valence-corrected chi connectivity index (χ0v) is 11.0. The van der Waals surface area contributed by atoms with Gasteiger partial charge in [0.2, 0.25) is 4.45 Å². The Kier molecular flexibility index (Phi) is 7.26. The quantitative estimate of drug-likeness (QED) is 0.791. The first-order valence-electron chi connectivity index (χ1n) is 4.92. The zero-order valence-electron chi connectivity index (χ0n) is 9.36. The number of carbonyl (C=O) groups is 2. The molecule has 0 bridgehead atoms. The lowest BCUT2D eigenvalue weighted by molar-refractivity contribution is -0.137. The summed E-state index contributed by atoms with van der Waals surface area (Å²) in [4.78, 5) is 21.9. The van der Waals surface area contributed by atoms with Gasteiger partial charge in [-0.3, -0.25) is 9.59 Å². The molecular formula is C10H15NO3S2. The summed E-state index contributed by atoms with van der Waals surface area (Å²) < 4.78 is -1.05. The summed E-state index contributed by atoms with van der Waals surface area (Å²) in [7, 11) is 0. The van der Waals surface area contributed by atoms with E-state index < -0.39 is 10.7 Å². The monoisotopic (exact) mass is 261 g/mol. The number of aliphatic carboxylic acids is 1. The van der Waals surface area contributed by atoms with Gasteiger partial charge in [-0.15, -0.1) is 0 Å². The Morgan fingerprint density at radius 3 is 2.56 bits per heavy atom. The molecule has 0 aliphatic rings. The van der Waals surface area contributed by atoms with Crippen molar-refractivity contribution < 1.29 is 14.7 Å². The molecule has 4 nitrogen and oxygen atoms in total. The summed E-state index contributed by atoms with van der Waals surface area (Å²) in [5.41, 5.74) is 0. The number of hydrogen-bond acceptors (Lipinski definition) is 5.